The Bertz CT molecular complexity index is 954. The van der Waals surface area contributed by atoms with Gasteiger partial charge in [-0.05, 0) is 61.4 Å². The molecule has 4 rings (SSSR count). The van der Waals surface area contributed by atoms with E-state index in [-0.39, 0.29) is 18.0 Å². The zero-order valence-electron chi connectivity index (χ0n) is 16.1. The molecule has 1 amide bonds. The van der Waals surface area contributed by atoms with Crippen molar-refractivity contribution < 1.29 is 9.53 Å². The van der Waals surface area contributed by atoms with E-state index in [0.717, 1.165) is 29.1 Å². The van der Waals surface area contributed by atoms with Crippen molar-refractivity contribution in [2.75, 3.05) is 17.3 Å². The normalized spacial score (nSPS) is 18.3. The van der Waals surface area contributed by atoms with Crippen LogP contribution >= 0.6 is 0 Å². The van der Waals surface area contributed by atoms with Gasteiger partial charge in [0.05, 0.1) is 13.2 Å². The number of benzene rings is 3. The van der Waals surface area contributed by atoms with Gasteiger partial charge in [0.15, 0.2) is 0 Å². The molecule has 0 radical (unpaired) electrons. The molecule has 28 heavy (non-hydrogen) atoms. The third-order valence-corrected chi connectivity index (χ3v) is 5.26. The second kappa shape index (κ2) is 7.77. The summed E-state index contributed by atoms with van der Waals surface area (Å²) in [4.78, 5) is 15.1. The maximum atomic E-state index is 13.2. The molecule has 0 aliphatic carbocycles. The van der Waals surface area contributed by atoms with Crippen LogP contribution in [0.5, 0.6) is 5.75 Å². The van der Waals surface area contributed by atoms with E-state index >= 15 is 0 Å². The quantitative estimate of drug-likeness (QED) is 0.677. The van der Waals surface area contributed by atoms with Gasteiger partial charge in [0.2, 0.25) is 0 Å². The summed E-state index contributed by atoms with van der Waals surface area (Å²) in [5, 5.41) is 3.62. The number of carbonyl (C=O) groups is 1. The van der Waals surface area contributed by atoms with E-state index in [1.54, 1.807) is 7.11 Å². The highest BCUT2D eigenvalue weighted by atomic mass is 16.5. The zero-order chi connectivity index (χ0) is 19.5. The Morgan fingerprint density at radius 1 is 0.964 bits per heavy atom. The molecule has 3 aromatic rings. The average molecular weight is 372 g/mol. The van der Waals surface area contributed by atoms with Crippen LogP contribution in [0.4, 0.5) is 11.4 Å². The number of anilines is 2. The molecule has 2 atom stereocenters. The number of methoxy groups -OCH3 is 1. The molecule has 1 N–H and O–H groups in total. The fourth-order valence-electron chi connectivity index (χ4n) is 3.87. The van der Waals surface area contributed by atoms with Crippen molar-refractivity contribution in [2.45, 2.75) is 25.4 Å². The molecule has 1 heterocycles. The van der Waals surface area contributed by atoms with E-state index in [2.05, 4.69) is 18.3 Å². The molecule has 0 saturated heterocycles. The van der Waals surface area contributed by atoms with E-state index in [9.17, 15) is 4.79 Å². The number of nitrogens with one attached hydrogen (secondary N) is 1. The second-order valence-electron chi connectivity index (χ2n) is 7.11. The summed E-state index contributed by atoms with van der Waals surface area (Å²) >= 11 is 0. The molecule has 0 bridgehead atoms. The Hall–Kier alpha value is -3.27. The highest BCUT2D eigenvalue weighted by Gasteiger charge is 2.33. The Morgan fingerprint density at radius 2 is 1.64 bits per heavy atom. The van der Waals surface area contributed by atoms with Gasteiger partial charge in [-0.3, -0.25) is 4.79 Å². The van der Waals surface area contributed by atoms with Crippen LogP contribution in [0.1, 0.15) is 35.3 Å². The summed E-state index contributed by atoms with van der Waals surface area (Å²) < 4.78 is 5.24. The number of ether oxygens (including phenoxy) is 1. The highest BCUT2D eigenvalue weighted by molar-refractivity contribution is 6.07. The molecular weight excluding hydrogens is 348 g/mol. The standard InChI is InChI=1S/C24H24N2O2/c1-17-16-22(25-19-12-14-20(28-2)15-13-19)21-10-6-7-11-23(21)26(17)24(27)18-8-4-3-5-9-18/h3-15,17,22,25H,16H2,1-2H3/t17-,22+/m1/s1. The predicted octanol–water partition coefficient (Wildman–Crippen LogP) is 5.29. The second-order valence-corrected chi connectivity index (χ2v) is 7.11. The van der Waals surface area contributed by atoms with Crippen molar-refractivity contribution >= 4 is 17.3 Å². The molecule has 3 aromatic carbocycles. The average Bonchev–Trinajstić information content (AvgIpc) is 2.75. The summed E-state index contributed by atoms with van der Waals surface area (Å²) in [6, 6.07) is 25.8. The maximum absolute atomic E-state index is 13.2. The Morgan fingerprint density at radius 3 is 2.36 bits per heavy atom. The molecular formula is C24H24N2O2. The first-order chi connectivity index (χ1) is 13.7. The molecule has 1 aliphatic rings. The van der Waals surface area contributed by atoms with Gasteiger partial charge >= 0.3 is 0 Å². The highest BCUT2D eigenvalue weighted by Crippen LogP contribution is 2.39. The summed E-state index contributed by atoms with van der Waals surface area (Å²) in [6.45, 7) is 2.11. The molecule has 0 fully saturated rings. The van der Waals surface area contributed by atoms with E-state index in [1.807, 2.05) is 77.7 Å². The maximum Gasteiger partial charge on any atom is 0.258 e. The van der Waals surface area contributed by atoms with E-state index in [0.29, 0.717) is 5.56 Å². The van der Waals surface area contributed by atoms with Gasteiger partial charge in [0.25, 0.3) is 5.91 Å². The molecule has 142 valence electrons. The monoisotopic (exact) mass is 372 g/mol. The number of nitrogens with zero attached hydrogens (tertiary/aromatic N) is 1. The number of carbonyl (C=O) groups excluding carboxylic acids is 1. The van der Waals surface area contributed by atoms with Crippen LogP contribution < -0.4 is 15.0 Å². The summed E-state index contributed by atoms with van der Waals surface area (Å²) in [5.41, 5.74) is 3.86. The van der Waals surface area contributed by atoms with Crippen LogP contribution in [0, 0.1) is 0 Å². The van der Waals surface area contributed by atoms with Gasteiger partial charge in [0, 0.05) is 23.0 Å². The number of amides is 1. The first-order valence-electron chi connectivity index (χ1n) is 9.55. The Kier molecular flexibility index (Phi) is 5.02. The van der Waals surface area contributed by atoms with Crippen molar-refractivity contribution in [1.29, 1.82) is 0 Å². The number of hydrogen-bond donors (Lipinski definition) is 1. The van der Waals surface area contributed by atoms with Gasteiger partial charge in [-0.1, -0.05) is 36.4 Å². The smallest absolute Gasteiger partial charge is 0.258 e. The van der Waals surface area contributed by atoms with Crippen LogP contribution in [-0.4, -0.2) is 19.1 Å². The Labute approximate surface area is 165 Å². The van der Waals surface area contributed by atoms with Crippen LogP contribution in [-0.2, 0) is 0 Å². The molecule has 0 aromatic heterocycles. The number of hydrogen-bond acceptors (Lipinski definition) is 3. The fraction of sp³-hybridized carbons (Fsp3) is 0.208. The number of para-hydroxylation sites is 1. The first-order valence-corrected chi connectivity index (χ1v) is 9.55. The molecule has 4 nitrogen and oxygen atoms in total. The van der Waals surface area contributed by atoms with Crippen LogP contribution in [0.15, 0.2) is 78.9 Å². The molecule has 1 aliphatic heterocycles. The van der Waals surface area contributed by atoms with Gasteiger partial charge in [-0.25, -0.2) is 0 Å². The molecule has 0 spiro atoms. The summed E-state index contributed by atoms with van der Waals surface area (Å²) in [5.74, 6) is 0.881. The predicted molar refractivity (Wildman–Crippen MR) is 113 cm³/mol. The zero-order valence-corrected chi connectivity index (χ0v) is 16.1. The van der Waals surface area contributed by atoms with Gasteiger partial charge in [-0.2, -0.15) is 0 Å². The third kappa shape index (κ3) is 3.46. The SMILES string of the molecule is COc1ccc(N[C@H]2C[C@@H](C)N(C(=O)c3ccccc3)c3ccccc32)cc1. The van der Waals surface area contributed by atoms with Crippen molar-refractivity contribution in [1.82, 2.24) is 0 Å². The largest absolute Gasteiger partial charge is 0.497 e. The van der Waals surface area contributed by atoms with Crippen molar-refractivity contribution in [3.8, 4) is 5.75 Å². The first kappa shape index (κ1) is 18.1. The topological polar surface area (TPSA) is 41.6 Å². The minimum absolute atomic E-state index is 0.0449. The summed E-state index contributed by atoms with van der Waals surface area (Å²) in [6.07, 6.45) is 0.835. The van der Waals surface area contributed by atoms with E-state index in [4.69, 9.17) is 4.74 Å². The molecule has 4 heteroatoms. The van der Waals surface area contributed by atoms with Gasteiger partial charge in [0.1, 0.15) is 5.75 Å². The van der Waals surface area contributed by atoms with Gasteiger partial charge < -0.3 is 15.0 Å². The minimum Gasteiger partial charge on any atom is -0.497 e. The Balaban J connectivity index is 1.65. The summed E-state index contributed by atoms with van der Waals surface area (Å²) in [7, 11) is 1.67. The van der Waals surface area contributed by atoms with E-state index < -0.39 is 0 Å². The minimum atomic E-state index is 0.0449. The third-order valence-electron chi connectivity index (χ3n) is 5.26. The number of fused-ring (bicyclic) bond motifs is 1. The van der Waals surface area contributed by atoms with Crippen molar-refractivity contribution in [3.63, 3.8) is 0 Å². The van der Waals surface area contributed by atoms with Crippen LogP contribution in [0.2, 0.25) is 0 Å². The van der Waals surface area contributed by atoms with Crippen molar-refractivity contribution in [3.05, 3.63) is 90.0 Å². The lowest BCUT2D eigenvalue weighted by Crippen LogP contribution is -2.44. The van der Waals surface area contributed by atoms with Gasteiger partial charge in [-0.15, -0.1) is 0 Å². The lowest BCUT2D eigenvalue weighted by Gasteiger charge is -2.40. The lowest BCUT2D eigenvalue weighted by molar-refractivity contribution is 0.0974. The lowest BCUT2D eigenvalue weighted by atomic mass is 9.90. The van der Waals surface area contributed by atoms with E-state index in [1.165, 1.54) is 0 Å². The number of rotatable bonds is 4. The van der Waals surface area contributed by atoms with Crippen LogP contribution in [0.25, 0.3) is 0 Å². The van der Waals surface area contributed by atoms with Crippen molar-refractivity contribution in [2.24, 2.45) is 0 Å². The molecule has 0 saturated carbocycles. The molecule has 0 unspecified atom stereocenters. The van der Waals surface area contributed by atoms with Crippen LogP contribution in [0.3, 0.4) is 0 Å². The fourth-order valence-corrected chi connectivity index (χ4v) is 3.87.